The quantitative estimate of drug-likeness (QED) is 0.325. The minimum Gasteiger partial charge on any atom is -0.325 e. The summed E-state index contributed by atoms with van der Waals surface area (Å²) in [4.78, 5) is 17.3. The molecule has 31 heavy (non-hydrogen) atoms. The van der Waals surface area contributed by atoms with Gasteiger partial charge >= 0.3 is 0 Å². The van der Waals surface area contributed by atoms with Crippen molar-refractivity contribution in [1.29, 1.82) is 5.41 Å². The normalized spacial score (nSPS) is 11.1. The second kappa shape index (κ2) is 8.39. The summed E-state index contributed by atoms with van der Waals surface area (Å²) in [5, 5.41) is 20.1. The molecule has 0 bridgehead atoms. The number of carbonyl (C=O) groups excluding carboxylic acids is 1. The van der Waals surface area contributed by atoms with Crippen LogP contribution in [0, 0.1) is 33.1 Å². The van der Waals surface area contributed by atoms with Crippen molar-refractivity contribution in [2.45, 2.75) is 32.9 Å². The van der Waals surface area contributed by atoms with Gasteiger partial charge < -0.3 is 5.32 Å². The van der Waals surface area contributed by atoms with Gasteiger partial charge in [0.05, 0.1) is 16.8 Å². The number of aryl methyl sites for hydroxylation is 4. The maximum atomic E-state index is 12.6. The number of hydrogen-bond donors (Lipinski definition) is 3. The number of para-hydroxylation sites is 1. The topological polar surface area (TPSA) is 99.5 Å². The van der Waals surface area contributed by atoms with Crippen molar-refractivity contribution < 1.29 is 4.79 Å². The van der Waals surface area contributed by atoms with Crippen LogP contribution in [-0.2, 0) is 4.79 Å². The van der Waals surface area contributed by atoms with E-state index in [-0.39, 0.29) is 11.7 Å². The van der Waals surface area contributed by atoms with Gasteiger partial charge in [-0.05, 0) is 62.6 Å². The van der Waals surface area contributed by atoms with Crippen molar-refractivity contribution in [2.75, 3.05) is 11.1 Å². The van der Waals surface area contributed by atoms with Crippen molar-refractivity contribution >= 4 is 34.4 Å². The number of amides is 1. The van der Waals surface area contributed by atoms with Crippen LogP contribution in [-0.4, -0.2) is 31.4 Å². The Morgan fingerprint density at radius 1 is 1.10 bits per heavy atom. The maximum Gasteiger partial charge on any atom is 0.234 e. The molecule has 2 aromatic heterocycles. The second-order valence-corrected chi connectivity index (χ2v) is 8.49. The van der Waals surface area contributed by atoms with Gasteiger partial charge in [-0.25, -0.2) is 4.98 Å². The Balaban J connectivity index is 1.67. The monoisotopic (exact) mass is 432 g/mol. The van der Waals surface area contributed by atoms with Crippen LogP contribution in [0.2, 0.25) is 0 Å². The number of aromatic nitrogens is 4. The standard InChI is InChI=1S/C23H24N6OS/c1-13-9-10-17(11-15(13)3)25-19(30)12-31-23-26-22-20(16(4)27-28-22)21(24)29(23)18-8-6-5-7-14(18)2/h5-11,24H,12H2,1-4H3,(H,25,30)(H,27,28). The van der Waals surface area contributed by atoms with E-state index >= 15 is 0 Å². The van der Waals surface area contributed by atoms with Crippen LogP contribution >= 0.6 is 11.8 Å². The summed E-state index contributed by atoms with van der Waals surface area (Å²) in [6, 6.07) is 13.7. The molecule has 0 aliphatic heterocycles. The molecule has 0 fully saturated rings. The summed E-state index contributed by atoms with van der Waals surface area (Å²) in [5.41, 5.74) is 6.52. The van der Waals surface area contributed by atoms with Crippen LogP contribution < -0.4 is 10.8 Å². The van der Waals surface area contributed by atoms with Crippen LogP contribution in [0.1, 0.15) is 22.4 Å². The zero-order chi connectivity index (χ0) is 22.1. The number of benzene rings is 2. The molecule has 0 radical (unpaired) electrons. The summed E-state index contributed by atoms with van der Waals surface area (Å²) < 4.78 is 1.79. The Morgan fingerprint density at radius 3 is 2.61 bits per heavy atom. The third-order valence-corrected chi connectivity index (χ3v) is 6.20. The zero-order valence-corrected chi connectivity index (χ0v) is 18.7. The van der Waals surface area contributed by atoms with Gasteiger partial charge in [0, 0.05) is 11.4 Å². The molecular formula is C23H24N6OS. The number of fused-ring (bicyclic) bond motifs is 1. The summed E-state index contributed by atoms with van der Waals surface area (Å²) in [6.45, 7) is 7.93. The third-order valence-electron chi connectivity index (χ3n) is 5.26. The Morgan fingerprint density at radius 2 is 1.87 bits per heavy atom. The highest BCUT2D eigenvalue weighted by Gasteiger charge is 2.17. The van der Waals surface area contributed by atoms with Crippen LogP contribution in [0.4, 0.5) is 5.69 Å². The number of aromatic amines is 1. The van der Waals surface area contributed by atoms with E-state index in [0.717, 1.165) is 28.2 Å². The molecule has 4 rings (SSSR count). The Hall–Kier alpha value is -3.39. The molecule has 1 amide bonds. The smallest absolute Gasteiger partial charge is 0.234 e. The van der Waals surface area contributed by atoms with Crippen molar-refractivity contribution in [2.24, 2.45) is 0 Å². The van der Waals surface area contributed by atoms with Gasteiger partial charge in [0.1, 0.15) is 5.49 Å². The average Bonchev–Trinajstić information content (AvgIpc) is 3.11. The lowest BCUT2D eigenvalue weighted by Crippen LogP contribution is -2.24. The first-order valence-corrected chi connectivity index (χ1v) is 10.9. The highest BCUT2D eigenvalue weighted by Crippen LogP contribution is 2.23. The molecule has 0 aliphatic carbocycles. The zero-order valence-electron chi connectivity index (χ0n) is 17.9. The molecular weight excluding hydrogens is 408 g/mol. The number of hydrogen-bond acceptors (Lipinski definition) is 5. The number of thioether (sulfide) groups is 1. The molecule has 0 spiro atoms. The number of nitrogens with one attached hydrogen (secondary N) is 3. The van der Waals surface area contributed by atoms with E-state index < -0.39 is 0 Å². The second-order valence-electron chi connectivity index (χ2n) is 7.55. The van der Waals surface area contributed by atoms with E-state index in [1.54, 1.807) is 4.57 Å². The first-order chi connectivity index (χ1) is 14.8. The summed E-state index contributed by atoms with van der Waals surface area (Å²) in [7, 11) is 0. The molecule has 3 N–H and O–H groups in total. The molecule has 0 unspecified atom stereocenters. The van der Waals surface area contributed by atoms with Gasteiger partial charge in [0.15, 0.2) is 10.8 Å². The molecule has 0 aliphatic rings. The van der Waals surface area contributed by atoms with Crippen LogP contribution in [0.15, 0.2) is 47.6 Å². The van der Waals surface area contributed by atoms with Crippen molar-refractivity contribution in [1.82, 2.24) is 19.7 Å². The van der Waals surface area contributed by atoms with Gasteiger partial charge in [-0.3, -0.25) is 19.9 Å². The fraction of sp³-hybridized carbons (Fsp3) is 0.217. The van der Waals surface area contributed by atoms with Crippen molar-refractivity contribution in [3.05, 3.63) is 70.3 Å². The first-order valence-electron chi connectivity index (χ1n) is 9.93. The summed E-state index contributed by atoms with van der Waals surface area (Å²) in [6.07, 6.45) is 0. The molecule has 7 nitrogen and oxygen atoms in total. The predicted octanol–water partition coefficient (Wildman–Crippen LogP) is 4.19. The van der Waals surface area contributed by atoms with E-state index in [4.69, 9.17) is 5.41 Å². The lowest BCUT2D eigenvalue weighted by atomic mass is 10.1. The first kappa shape index (κ1) is 20.9. The predicted molar refractivity (Wildman–Crippen MR) is 124 cm³/mol. The number of H-pyrrole nitrogens is 1. The molecule has 0 atom stereocenters. The van der Waals surface area contributed by atoms with Crippen LogP contribution in [0.5, 0.6) is 0 Å². The number of rotatable bonds is 5. The minimum absolute atomic E-state index is 0.128. The lowest BCUT2D eigenvalue weighted by molar-refractivity contribution is -0.113. The van der Waals surface area contributed by atoms with Gasteiger partial charge in [-0.1, -0.05) is 36.0 Å². The van der Waals surface area contributed by atoms with Gasteiger partial charge in [0.2, 0.25) is 5.91 Å². The molecule has 0 saturated heterocycles. The summed E-state index contributed by atoms with van der Waals surface area (Å²) in [5.74, 6) is 0.0383. The van der Waals surface area contributed by atoms with Gasteiger partial charge in [-0.2, -0.15) is 5.10 Å². The SMILES string of the molecule is Cc1ccc(NC(=O)CSc2nc3n[nH]c(C)c3c(=N)n2-c2ccccc2C)cc1C. The third kappa shape index (κ3) is 4.11. The average molecular weight is 433 g/mol. The fourth-order valence-corrected chi connectivity index (χ4v) is 4.21. The lowest BCUT2D eigenvalue weighted by Gasteiger charge is -2.15. The van der Waals surface area contributed by atoms with Crippen LogP contribution in [0.3, 0.4) is 0 Å². The maximum absolute atomic E-state index is 12.6. The van der Waals surface area contributed by atoms with E-state index in [9.17, 15) is 4.79 Å². The molecule has 158 valence electrons. The highest BCUT2D eigenvalue weighted by molar-refractivity contribution is 7.99. The molecule has 8 heteroatoms. The van der Waals surface area contributed by atoms with E-state index in [2.05, 4.69) is 20.5 Å². The van der Waals surface area contributed by atoms with Gasteiger partial charge in [-0.15, -0.1) is 0 Å². The Labute approximate surface area is 184 Å². The molecule has 2 heterocycles. The Bertz CT molecular complexity index is 1350. The van der Waals surface area contributed by atoms with Crippen LogP contribution in [0.25, 0.3) is 16.7 Å². The number of anilines is 1. The minimum atomic E-state index is -0.128. The summed E-state index contributed by atoms with van der Waals surface area (Å²) >= 11 is 1.29. The van der Waals surface area contributed by atoms with E-state index in [1.165, 1.54) is 17.3 Å². The number of nitrogens with zero attached hydrogens (tertiary/aromatic N) is 3. The number of carbonyl (C=O) groups is 1. The van der Waals surface area contributed by atoms with Crippen molar-refractivity contribution in [3.8, 4) is 5.69 Å². The molecule has 4 aromatic rings. The van der Waals surface area contributed by atoms with Gasteiger partial charge in [0.25, 0.3) is 0 Å². The molecule has 2 aromatic carbocycles. The fourth-order valence-electron chi connectivity index (χ4n) is 3.41. The highest BCUT2D eigenvalue weighted by atomic mass is 32.2. The van der Waals surface area contributed by atoms with E-state index in [0.29, 0.717) is 21.7 Å². The Kier molecular flexibility index (Phi) is 5.65. The van der Waals surface area contributed by atoms with Crippen molar-refractivity contribution in [3.63, 3.8) is 0 Å². The largest absolute Gasteiger partial charge is 0.325 e. The molecule has 0 saturated carbocycles. The van der Waals surface area contributed by atoms with E-state index in [1.807, 2.05) is 70.2 Å².